The third-order valence-electron chi connectivity index (χ3n) is 3.28. The van der Waals surface area contributed by atoms with E-state index in [-0.39, 0.29) is 11.3 Å². The van der Waals surface area contributed by atoms with E-state index in [1.165, 1.54) is 12.1 Å². The highest BCUT2D eigenvalue weighted by molar-refractivity contribution is 9.10. The number of hydrogen-bond acceptors (Lipinski definition) is 4. The maximum atomic E-state index is 12.5. The van der Waals surface area contributed by atoms with E-state index in [1.807, 2.05) is 0 Å². The van der Waals surface area contributed by atoms with E-state index in [0.717, 1.165) is 0 Å². The lowest BCUT2D eigenvalue weighted by Crippen LogP contribution is -2.18. The topological polar surface area (TPSA) is 84.9 Å². The second kappa shape index (κ2) is 6.29. The molecule has 0 aliphatic carbocycles. The Morgan fingerprint density at radius 3 is 2.39 bits per heavy atom. The Morgan fingerprint density at radius 2 is 1.70 bits per heavy atom. The van der Waals surface area contributed by atoms with Crippen LogP contribution in [0, 0.1) is 0 Å². The van der Waals surface area contributed by atoms with Crippen molar-refractivity contribution in [2.45, 2.75) is 0 Å². The third kappa shape index (κ3) is 3.14. The number of carboxylic acids is 1. The number of hydrogen-bond donors (Lipinski definition) is 2. The number of ether oxygens (including phenoxy) is 2. The van der Waals surface area contributed by atoms with Gasteiger partial charge in [-0.05, 0) is 40.2 Å². The molecule has 3 rings (SSSR count). The summed E-state index contributed by atoms with van der Waals surface area (Å²) in [5.74, 6) is -0.508. The van der Waals surface area contributed by atoms with Crippen LogP contribution in [0.5, 0.6) is 11.5 Å². The Bertz CT molecular complexity index is 790. The van der Waals surface area contributed by atoms with Gasteiger partial charge in [0, 0.05) is 4.47 Å². The lowest BCUT2D eigenvalue weighted by molar-refractivity contribution is 0.0698. The molecule has 2 aromatic carbocycles. The van der Waals surface area contributed by atoms with Gasteiger partial charge in [-0.25, -0.2) is 4.79 Å². The summed E-state index contributed by atoms with van der Waals surface area (Å²) in [5, 5.41) is 11.8. The van der Waals surface area contributed by atoms with Gasteiger partial charge in [0.2, 0.25) is 0 Å². The zero-order valence-electron chi connectivity index (χ0n) is 11.8. The molecule has 1 aliphatic rings. The number of halogens is 1. The highest BCUT2D eigenvalue weighted by atomic mass is 79.9. The number of carbonyl (C=O) groups excluding carboxylic acids is 1. The molecule has 1 aliphatic heterocycles. The van der Waals surface area contributed by atoms with Crippen molar-refractivity contribution in [3.8, 4) is 11.5 Å². The Kier molecular flexibility index (Phi) is 4.20. The molecular formula is C16H12BrNO5. The van der Waals surface area contributed by atoms with Crippen molar-refractivity contribution in [1.82, 2.24) is 0 Å². The van der Waals surface area contributed by atoms with Gasteiger partial charge in [0.15, 0.2) is 11.5 Å². The molecule has 0 spiro atoms. The molecule has 0 fully saturated rings. The smallest absolute Gasteiger partial charge is 0.337 e. The standard InChI is InChI=1S/C16H12BrNO5/c17-11-8-14-13(22-5-6-23-14)7-10(11)15(19)18-12-4-2-1-3-9(12)16(20)21/h1-4,7-8H,5-6H2,(H,18,19)(H,20,21). The van der Waals surface area contributed by atoms with Crippen LogP contribution >= 0.6 is 15.9 Å². The molecule has 0 unspecified atom stereocenters. The fourth-order valence-corrected chi connectivity index (χ4v) is 2.71. The highest BCUT2D eigenvalue weighted by Crippen LogP contribution is 2.35. The van der Waals surface area contributed by atoms with Crippen molar-refractivity contribution >= 4 is 33.5 Å². The van der Waals surface area contributed by atoms with E-state index in [1.54, 1.807) is 24.3 Å². The molecule has 1 amide bonds. The first-order chi connectivity index (χ1) is 11.1. The quantitative estimate of drug-likeness (QED) is 0.857. The van der Waals surface area contributed by atoms with Crippen LogP contribution in [0.15, 0.2) is 40.9 Å². The number of nitrogens with one attached hydrogen (secondary N) is 1. The van der Waals surface area contributed by atoms with Crippen molar-refractivity contribution < 1.29 is 24.2 Å². The molecule has 1 heterocycles. The first-order valence-corrected chi connectivity index (χ1v) is 7.58. The molecule has 0 atom stereocenters. The summed E-state index contributed by atoms with van der Waals surface area (Å²) >= 11 is 3.32. The van der Waals surface area contributed by atoms with E-state index in [9.17, 15) is 9.59 Å². The van der Waals surface area contributed by atoms with Crippen LogP contribution in [0.4, 0.5) is 5.69 Å². The minimum Gasteiger partial charge on any atom is -0.486 e. The Labute approximate surface area is 140 Å². The zero-order chi connectivity index (χ0) is 16.4. The predicted octanol–water partition coefficient (Wildman–Crippen LogP) is 3.17. The van der Waals surface area contributed by atoms with Gasteiger partial charge in [-0.1, -0.05) is 12.1 Å². The van der Waals surface area contributed by atoms with Gasteiger partial charge in [-0.15, -0.1) is 0 Å². The van der Waals surface area contributed by atoms with Crippen molar-refractivity contribution in [1.29, 1.82) is 0 Å². The number of amides is 1. The van der Waals surface area contributed by atoms with Gasteiger partial charge in [-0.2, -0.15) is 0 Å². The molecular weight excluding hydrogens is 366 g/mol. The lowest BCUT2D eigenvalue weighted by Gasteiger charge is -2.19. The molecule has 2 N–H and O–H groups in total. The summed E-state index contributed by atoms with van der Waals surface area (Å²) in [5.41, 5.74) is 0.579. The summed E-state index contributed by atoms with van der Waals surface area (Å²) in [6, 6.07) is 9.44. The molecule has 6 nitrogen and oxygen atoms in total. The Balaban J connectivity index is 1.91. The second-order valence-corrected chi connectivity index (χ2v) is 5.63. The maximum Gasteiger partial charge on any atom is 0.337 e. The molecule has 7 heteroatoms. The van der Waals surface area contributed by atoms with Crippen LogP contribution in [0.3, 0.4) is 0 Å². The summed E-state index contributed by atoms with van der Waals surface area (Å²) < 4.78 is 11.4. The molecule has 118 valence electrons. The minimum absolute atomic E-state index is 0.0227. The van der Waals surface area contributed by atoms with Crippen molar-refractivity contribution in [2.75, 3.05) is 18.5 Å². The summed E-state index contributed by atoms with van der Waals surface area (Å²) in [6.45, 7) is 0.870. The lowest BCUT2D eigenvalue weighted by atomic mass is 10.1. The normalized spacial score (nSPS) is 12.6. The summed E-state index contributed by atoms with van der Waals surface area (Å²) in [7, 11) is 0. The molecule has 23 heavy (non-hydrogen) atoms. The first kappa shape index (κ1) is 15.4. The molecule has 2 aromatic rings. The number of rotatable bonds is 3. The van der Waals surface area contributed by atoms with E-state index in [2.05, 4.69) is 21.2 Å². The van der Waals surface area contributed by atoms with Gasteiger partial charge in [0.1, 0.15) is 13.2 Å². The largest absolute Gasteiger partial charge is 0.486 e. The number of aromatic carboxylic acids is 1. The third-order valence-corrected chi connectivity index (χ3v) is 3.94. The summed E-state index contributed by atoms with van der Waals surface area (Å²) in [4.78, 5) is 23.7. The Hall–Kier alpha value is -2.54. The molecule has 0 bridgehead atoms. The van der Waals surface area contributed by atoms with E-state index < -0.39 is 11.9 Å². The number of anilines is 1. The SMILES string of the molecule is O=C(Nc1ccccc1C(=O)O)c1cc2c(cc1Br)OCCO2. The van der Waals surface area contributed by atoms with Gasteiger partial charge in [0.05, 0.1) is 16.8 Å². The predicted molar refractivity (Wildman–Crippen MR) is 86.5 cm³/mol. The van der Waals surface area contributed by atoms with Crippen LogP contribution in [-0.2, 0) is 0 Å². The molecule has 0 radical (unpaired) electrons. The van der Waals surface area contributed by atoms with Gasteiger partial charge < -0.3 is 19.9 Å². The highest BCUT2D eigenvalue weighted by Gasteiger charge is 2.20. The van der Waals surface area contributed by atoms with E-state index in [4.69, 9.17) is 14.6 Å². The van der Waals surface area contributed by atoms with Gasteiger partial charge in [0.25, 0.3) is 5.91 Å². The monoisotopic (exact) mass is 377 g/mol. The van der Waals surface area contributed by atoms with Gasteiger partial charge >= 0.3 is 5.97 Å². The number of fused-ring (bicyclic) bond motifs is 1. The van der Waals surface area contributed by atoms with Gasteiger partial charge in [-0.3, -0.25) is 4.79 Å². The second-order valence-electron chi connectivity index (χ2n) is 4.78. The molecule has 0 saturated heterocycles. The Morgan fingerprint density at radius 1 is 1.04 bits per heavy atom. The van der Waals surface area contributed by atoms with E-state index >= 15 is 0 Å². The minimum atomic E-state index is -1.11. The summed E-state index contributed by atoms with van der Waals surface area (Å²) in [6.07, 6.45) is 0. The average Bonchev–Trinajstić information content (AvgIpc) is 2.54. The van der Waals surface area contributed by atoms with Crippen LogP contribution in [0.1, 0.15) is 20.7 Å². The van der Waals surface area contributed by atoms with Crippen molar-refractivity contribution in [3.63, 3.8) is 0 Å². The number of benzene rings is 2. The molecule has 0 aromatic heterocycles. The maximum absolute atomic E-state index is 12.5. The average molecular weight is 378 g/mol. The first-order valence-electron chi connectivity index (χ1n) is 6.79. The van der Waals surface area contributed by atoms with Crippen LogP contribution < -0.4 is 14.8 Å². The van der Waals surface area contributed by atoms with E-state index in [0.29, 0.717) is 34.7 Å². The fraction of sp³-hybridized carbons (Fsp3) is 0.125. The number of para-hydroxylation sites is 1. The van der Waals surface area contributed by atoms with Crippen LogP contribution in [-0.4, -0.2) is 30.2 Å². The van der Waals surface area contributed by atoms with Crippen LogP contribution in [0.25, 0.3) is 0 Å². The number of carbonyl (C=O) groups is 2. The van der Waals surface area contributed by atoms with Crippen molar-refractivity contribution in [3.05, 3.63) is 52.0 Å². The fourth-order valence-electron chi connectivity index (χ4n) is 2.21. The number of carboxylic acid groups (broad SMARTS) is 1. The van der Waals surface area contributed by atoms with Crippen molar-refractivity contribution in [2.24, 2.45) is 0 Å². The zero-order valence-corrected chi connectivity index (χ0v) is 13.4. The molecule has 0 saturated carbocycles. The van der Waals surface area contributed by atoms with Crippen LogP contribution in [0.2, 0.25) is 0 Å².